The van der Waals surface area contributed by atoms with Crippen LogP contribution in [0.5, 0.6) is 5.75 Å². The lowest BCUT2D eigenvalue weighted by molar-refractivity contribution is -0.274. The van der Waals surface area contributed by atoms with E-state index < -0.39 is 6.36 Å². The first-order valence-corrected chi connectivity index (χ1v) is 13.6. The first-order valence-electron chi connectivity index (χ1n) is 12.6. The third-order valence-corrected chi connectivity index (χ3v) is 7.50. The molecule has 1 amide bonds. The number of rotatable bonds is 4. The summed E-state index contributed by atoms with van der Waals surface area (Å²) in [5.41, 5.74) is 5.00. The summed E-state index contributed by atoms with van der Waals surface area (Å²) in [6.07, 6.45) is 2.90. The highest BCUT2D eigenvalue weighted by molar-refractivity contribution is 8.15. The number of halogens is 3. The molecule has 1 aliphatic carbocycles. The summed E-state index contributed by atoms with van der Waals surface area (Å²) in [4.78, 5) is 32.6. The van der Waals surface area contributed by atoms with Crippen LogP contribution in [0.2, 0.25) is 0 Å². The van der Waals surface area contributed by atoms with Crippen molar-refractivity contribution in [3.05, 3.63) is 83.5 Å². The molecule has 6 rings (SSSR count). The van der Waals surface area contributed by atoms with Gasteiger partial charge in [0.05, 0.1) is 23.2 Å². The molecule has 1 saturated heterocycles. The number of carbonyl (C=O) groups excluding carboxylic acids is 1. The van der Waals surface area contributed by atoms with Gasteiger partial charge in [-0.05, 0) is 67.3 Å². The number of benzene rings is 2. The Labute approximate surface area is 236 Å². The zero-order valence-corrected chi connectivity index (χ0v) is 22.6. The highest BCUT2D eigenvalue weighted by atomic mass is 32.2. The number of nitrogens with zero attached hydrogens (tertiary/aromatic N) is 7. The van der Waals surface area contributed by atoms with Crippen molar-refractivity contribution in [1.82, 2.24) is 14.8 Å². The van der Waals surface area contributed by atoms with E-state index in [0.29, 0.717) is 34.8 Å². The van der Waals surface area contributed by atoms with Crippen molar-refractivity contribution in [3.63, 3.8) is 0 Å². The molecule has 41 heavy (non-hydrogen) atoms. The van der Waals surface area contributed by atoms with Gasteiger partial charge in [-0.1, -0.05) is 36.0 Å². The summed E-state index contributed by atoms with van der Waals surface area (Å²) in [5, 5.41) is 5.03. The molecule has 0 saturated carbocycles. The lowest BCUT2D eigenvalue weighted by atomic mass is 9.94. The minimum Gasteiger partial charge on any atom is -0.406 e. The molecule has 13 heteroatoms. The van der Waals surface area contributed by atoms with Crippen LogP contribution in [0.15, 0.2) is 81.5 Å². The van der Waals surface area contributed by atoms with Crippen LogP contribution in [0.25, 0.3) is 11.3 Å². The van der Waals surface area contributed by atoms with E-state index in [4.69, 9.17) is 4.99 Å². The number of amides is 1. The topological polar surface area (TPSA) is 97.3 Å². The van der Waals surface area contributed by atoms with E-state index in [1.54, 1.807) is 11.1 Å². The number of alkyl halides is 3. The number of allylic oxidation sites excluding steroid dienone is 2. The van der Waals surface area contributed by atoms with Gasteiger partial charge in [-0.25, -0.2) is 19.7 Å². The second kappa shape index (κ2) is 10.5. The Hall–Kier alpha value is -4.52. The molecule has 9 nitrogen and oxygen atoms in total. The maximum atomic E-state index is 12.8. The predicted octanol–water partition coefficient (Wildman–Crippen LogP) is 5.44. The molecule has 3 aromatic rings. The summed E-state index contributed by atoms with van der Waals surface area (Å²) in [6, 6.07) is 11.1. The van der Waals surface area contributed by atoms with Gasteiger partial charge in [-0.15, -0.1) is 18.3 Å². The van der Waals surface area contributed by atoms with Crippen LogP contribution in [0.4, 0.5) is 18.9 Å². The number of aromatic nitrogens is 3. The number of para-hydroxylation sites is 1. The molecule has 1 atom stereocenters. The summed E-state index contributed by atoms with van der Waals surface area (Å²) in [6.45, 7) is 3.94. The van der Waals surface area contributed by atoms with Crippen LogP contribution in [0, 0.1) is 13.8 Å². The fourth-order valence-electron chi connectivity index (χ4n) is 4.71. The van der Waals surface area contributed by atoms with Gasteiger partial charge in [-0.2, -0.15) is 4.99 Å². The largest absolute Gasteiger partial charge is 0.573 e. The fourth-order valence-corrected chi connectivity index (χ4v) is 5.56. The van der Waals surface area contributed by atoms with Crippen molar-refractivity contribution in [2.24, 2.45) is 15.0 Å². The van der Waals surface area contributed by atoms with Gasteiger partial charge in [0.1, 0.15) is 12.1 Å². The molecule has 1 unspecified atom stereocenters. The number of anilines is 1. The number of aryl methyl sites for hydroxylation is 2. The first-order chi connectivity index (χ1) is 19.6. The third-order valence-electron chi connectivity index (χ3n) is 6.58. The van der Waals surface area contributed by atoms with Crippen LogP contribution >= 0.6 is 11.8 Å². The van der Waals surface area contributed by atoms with Gasteiger partial charge in [-0.3, -0.25) is 9.69 Å². The van der Waals surface area contributed by atoms with Gasteiger partial charge in [0.25, 0.3) is 0 Å². The number of hydrogen-bond donors (Lipinski definition) is 0. The predicted molar refractivity (Wildman–Crippen MR) is 152 cm³/mol. The molecule has 208 valence electrons. The van der Waals surface area contributed by atoms with Crippen LogP contribution < -0.4 is 9.64 Å². The number of carbonyl (C=O) groups is 1. The number of fused-ring (bicyclic) bond motifs is 1. The highest BCUT2D eigenvalue weighted by Gasteiger charge is 2.33. The van der Waals surface area contributed by atoms with Crippen LogP contribution in [-0.2, 0) is 4.79 Å². The number of guanidine groups is 1. The summed E-state index contributed by atoms with van der Waals surface area (Å²) in [7, 11) is 0. The molecule has 3 aliphatic rings. The summed E-state index contributed by atoms with van der Waals surface area (Å²) < 4.78 is 42.7. The number of hydrogen-bond acceptors (Lipinski definition) is 8. The average Bonchev–Trinajstić information content (AvgIpc) is 3.56. The maximum Gasteiger partial charge on any atom is 0.573 e. The molecule has 0 spiro atoms. The van der Waals surface area contributed by atoms with E-state index in [9.17, 15) is 18.0 Å². The molecule has 2 aliphatic heterocycles. The van der Waals surface area contributed by atoms with Crippen molar-refractivity contribution >= 4 is 46.3 Å². The molecule has 1 fully saturated rings. The lowest BCUT2D eigenvalue weighted by Crippen LogP contribution is -2.31. The van der Waals surface area contributed by atoms with Crippen LogP contribution in [0.3, 0.4) is 0 Å². The van der Waals surface area contributed by atoms with Crippen molar-refractivity contribution < 1.29 is 22.7 Å². The summed E-state index contributed by atoms with van der Waals surface area (Å²) >= 11 is 1.36. The van der Waals surface area contributed by atoms with Crippen LogP contribution in [-0.4, -0.2) is 56.2 Å². The van der Waals surface area contributed by atoms with Crippen molar-refractivity contribution in [1.29, 1.82) is 0 Å². The molecule has 1 aromatic heterocycles. The van der Waals surface area contributed by atoms with Crippen molar-refractivity contribution in [2.45, 2.75) is 32.7 Å². The number of amidine groups is 1. The quantitative estimate of drug-likeness (QED) is 0.411. The Bertz CT molecular complexity index is 1670. The molecular formula is C28H22F3N7O2S. The zero-order valence-electron chi connectivity index (χ0n) is 21.8. The molecule has 2 aromatic carbocycles. The van der Waals surface area contributed by atoms with Gasteiger partial charge >= 0.3 is 6.36 Å². The number of aliphatic imine (C=N–C) groups is 3. The van der Waals surface area contributed by atoms with Crippen molar-refractivity contribution in [2.75, 3.05) is 10.7 Å². The van der Waals surface area contributed by atoms with Gasteiger partial charge < -0.3 is 4.74 Å². The van der Waals surface area contributed by atoms with E-state index in [2.05, 4.69) is 24.8 Å². The Kier molecular flexibility index (Phi) is 6.81. The Morgan fingerprint density at radius 3 is 2.59 bits per heavy atom. The zero-order chi connectivity index (χ0) is 28.7. The normalized spacial score (nSPS) is 19.7. The second-order valence-electron chi connectivity index (χ2n) is 9.45. The molecule has 0 N–H and O–H groups in total. The van der Waals surface area contributed by atoms with E-state index in [1.165, 1.54) is 47.0 Å². The average molecular weight is 578 g/mol. The molecule has 0 bridgehead atoms. The number of thioether (sulfide) groups is 1. The standard InChI is InChI=1S/C28H22F3N7O2S/c1-16-4-3-5-17(2)24(16)38-23(39)14-41-27(38)35-26-32-13-19-12-18(6-11-22(19)34-26)25-33-15-37(36-25)20-7-9-21(10-8-20)40-28(29,30)31/h3-10,12-13,15,22H,11,14H2,1-2H3/b35-27-. The fraction of sp³-hybridized carbons (Fsp3) is 0.214. The third kappa shape index (κ3) is 5.57. The Morgan fingerprint density at radius 1 is 1.10 bits per heavy atom. The minimum absolute atomic E-state index is 0.0325. The first kappa shape index (κ1) is 26.7. The van der Waals surface area contributed by atoms with Gasteiger partial charge in [0, 0.05) is 11.8 Å². The Morgan fingerprint density at radius 2 is 1.85 bits per heavy atom. The highest BCUT2D eigenvalue weighted by Crippen LogP contribution is 2.33. The Balaban J connectivity index is 1.18. The number of ether oxygens (including phenoxy) is 1. The van der Waals surface area contributed by atoms with E-state index in [0.717, 1.165) is 28.0 Å². The summed E-state index contributed by atoms with van der Waals surface area (Å²) in [5.74, 6) is 0.716. The van der Waals surface area contributed by atoms with Gasteiger partial charge in [0.2, 0.25) is 11.9 Å². The second-order valence-corrected chi connectivity index (χ2v) is 10.4. The van der Waals surface area contributed by atoms with Crippen molar-refractivity contribution in [3.8, 4) is 11.4 Å². The van der Waals surface area contributed by atoms with Gasteiger partial charge in [0.15, 0.2) is 11.0 Å². The lowest BCUT2D eigenvalue weighted by Gasteiger charge is -2.22. The maximum absolute atomic E-state index is 12.8. The monoisotopic (exact) mass is 577 g/mol. The van der Waals surface area contributed by atoms with E-state index in [-0.39, 0.29) is 17.7 Å². The van der Waals surface area contributed by atoms with E-state index in [1.807, 2.05) is 44.2 Å². The van der Waals surface area contributed by atoms with E-state index >= 15 is 0 Å². The van der Waals surface area contributed by atoms with Crippen LogP contribution in [0.1, 0.15) is 23.4 Å². The minimum atomic E-state index is -4.75. The molecular weight excluding hydrogens is 555 g/mol. The smallest absolute Gasteiger partial charge is 0.406 e. The SMILES string of the molecule is Cc1cccc(C)c1N1C(=O)CS/C1=N\C1=NC2CC=C(c3ncn(-c4ccc(OC(F)(F)F)cc4)n3)C=C2C=N1. The molecule has 0 radical (unpaired) electrons. The molecule has 3 heterocycles.